The van der Waals surface area contributed by atoms with Crippen molar-refractivity contribution < 1.29 is 9.72 Å². The molecule has 2 rings (SSSR count). The van der Waals surface area contributed by atoms with Gasteiger partial charge in [0.2, 0.25) is 5.91 Å². The molecular formula is C15H16N4O4. The van der Waals surface area contributed by atoms with Gasteiger partial charge in [0.1, 0.15) is 0 Å². The summed E-state index contributed by atoms with van der Waals surface area (Å²) in [6.45, 7) is 0.853. The lowest BCUT2D eigenvalue weighted by molar-refractivity contribution is -0.384. The van der Waals surface area contributed by atoms with E-state index in [0.29, 0.717) is 25.1 Å². The number of hydrogen-bond donors (Lipinski definition) is 1. The Morgan fingerprint density at radius 1 is 1.26 bits per heavy atom. The molecule has 1 N–H and O–H groups in total. The van der Waals surface area contributed by atoms with Crippen molar-refractivity contribution in [1.82, 2.24) is 15.1 Å². The first-order valence-electron chi connectivity index (χ1n) is 7.08. The van der Waals surface area contributed by atoms with Crippen LogP contribution in [0.5, 0.6) is 0 Å². The molecule has 0 saturated carbocycles. The summed E-state index contributed by atoms with van der Waals surface area (Å²) in [6, 6.07) is 8.87. The smallest absolute Gasteiger partial charge is 0.269 e. The highest BCUT2D eigenvalue weighted by atomic mass is 16.6. The third-order valence-electron chi connectivity index (χ3n) is 3.17. The number of benzene rings is 1. The van der Waals surface area contributed by atoms with Crippen molar-refractivity contribution in [2.45, 2.75) is 19.4 Å². The van der Waals surface area contributed by atoms with E-state index in [1.165, 1.54) is 29.1 Å². The molecule has 0 bridgehead atoms. The van der Waals surface area contributed by atoms with E-state index in [1.807, 2.05) is 0 Å². The first-order valence-corrected chi connectivity index (χ1v) is 7.08. The molecule has 0 aliphatic heterocycles. The van der Waals surface area contributed by atoms with Crippen LogP contribution in [0, 0.1) is 10.1 Å². The lowest BCUT2D eigenvalue weighted by Crippen LogP contribution is -2.28. The molecule has 23 heavy (non-hydrogen) atoms. The zero-order chi connectivity index (χ0) is 16.7. The van der Waals surface area contributed by atoms with Crippen LogP contribution in [-0.4, -0.2) is 27.2 Å². The van der Waals surface area contributed by atoms with Crippen molar-refractivity contribution in [2.24, 2.45) is 0 Å². The van der Waals surface area contributed by atoms with Gasteiger partial charge in [-0.05, 0) is 18.1 Å². The number of hydrogen-bond acceptors (Lipinski definition) is 5. The van der Waals surface area contributed by atoms with Crippen LogP contribution >= 0.6 is 0 Å². The molecule has 0 atom stereocenters. The Morgan fingerprint density at radius 3 is 2.65 bits per heavy atom. The number of nitro benzene ring substituents is 1. The highest BCUT2D eigenvalue weighted by molar-refractivity contribution is 5.78. The van der Waals surface area contributed by atoms with E-state index >= 15 is 0 Å². The van der Waals surface area contributed by atoms with E-state index < -0.39 is 4.92 Å². The van der Waals surface area contributed by atoms with Crippen LogP contribution in [-0.2, 0) is 17.8 Å². The van der Waals surface area contributed by atoms with Crippen LogP contribution in [0.2, 0.25) is 0 Å². The van der Waals surface area contributed by atoms with E-state index in [2.05, 4.69) is 10.4 Å². The molecule has 1 heterocycles. The molecule has 0 radical (unpaired) electrons. The molecule has 2 aromatic rings. The molecule has 1 amide bonds. The number of nitrogens with zero attached hydrogens (tertiary/aromatic N) is 3. The van der Waals surface area contributed by atoms with Gasteiger partial charge in [-0.2, -0.15) is 5.10 Å². The van der Waals surface area contributed by atoms with Gasteiger partial charge in [-0.3, -0.25) is 19.7 Å². The number of amides is 1. The number of nitro groups is 1. The van der Waals surface area contributed by atoms with Crippen LogP contribution in [0.15, 0.2) is 47.4 Å². The Balaban J connectivity index is 1.74. The molecule has 0 aliphatic carbocycles. The van der Waals surface area contributed by atoms with Crippen molar-refractivity contribution in [2.75, 3.05) is 6.54 Å². The lowest BCUT2D eigenvalue weighted by Gasteiger charge is -2.06. The maximum absolute atomic E-state index is 11.8. The fourth-order valence-corrected chi connectivity index (χ4v) is 2.00. The molecule has 1 aromatic heterocycles. The van der Waals surface area contributed by atoms with E-state index in [-0.39, 0.29) is 23.6 Å². The van der Waals surface area contributed by atoms with E-state index in [9.17, 15) is 19.7 Å². The number of nitrogens with one attached hydrogen (secondary N) is 1. The average Bonchev–Trinajstić information content (AvgIpc) is 2.53. The van der Waals surface area contributed by atoms with E-state index in [0.717, 1.165) is 0 Å². The Bertz CT molecular complexity index is 740. The van der Waals surface area contributed by atoms with Crippen molar-refractivity contribution in [3.05, 3.63) is 68.6 Å². The summed E-state index contributed by atoms with van der Waals surface area (Å²) in [7, 11) is 0. The average molecular weight is 316 g/mol. The number of carbonyl (C=O) groups is 1. The highest BCUT2D eigenvalue weighted by Crippen LogP contribution is 2.12. The normalized spacial score (nSPS) is 10.3. The Kier molecular flexibility index (Phi) is 5.56. The molecule has 0 aliphatic rings. The molecule has 0 fully saturated rings. The number of aromatic nitrogens is 2. The van der Waals surface area contributed by atoms with Crippen LogP contribution in [0.4, 0.5) is 5.69 Å². The molecule has 8 nitrogen and oxygen atoms in total. The first kappa shape index (κ1) is 16.3. The maximum Gasteiger partial charge on any atom is 0.269 e. The quantitative estimate of drug-likeness (QED) is 0.464. The van der Waals surface area contributed by atoms with Gasteiger partial charge in [-0.15, -0.1) is 0 Å². The predicted molar refractivity (Wildman–Crippen MR) is 82.9 cm³/mol. The minimum Gasteiger partial charge on any atom is -0.356 e. The van der Waals surface area contributed by atoms with Gasteiger partial charge in [0.05, 0.1) is 11.3 Å². The Hall–Kier alpha value is -3.03. The van der Waals surface area contributed by atoms with Gasteiger partial charge in [0, 0.05) is 37.5 Å². The zero-order valence-corrected chi connectivity index (χ0v) is 12.3. The second-order valence-electron chi connectivity index (χ2n) is 4.89. The van der Waals surface area contributed by atoms with Crippen molar-refractivity contribution in [1.29, 1.82) is 0 Å². The molecular weight excluding hydrogens is 300 g/mol. The third kappa shape index (κ3) is 5.03. The number of non-ortho nitro benzene ring substituents is 1. The molecule has 120 valence electrons. The van der Waals surface area contributed by atoms with Gasteiger partial charge in [-0.1, -0.05) is 12.1 Å². The summed E-state index contributed by atoms with van der Waals surface area (Å²) in [5.74, 6) is -0.174. The van der Waals surface area contributed by atoms with Crippen molar-refractivity contribution in [3.8, 4) is 0 Å². The molecule has 0 spiro atoms. The van der Waals surface area contributed by atoms with E-state index in [4.69, 9.17) is 0 Å². The van der Waals surface area contributed by atoms with Gasteiger partial charge in [0.15, 0.2) is 0 Å². The number of carbonyl (C=O) groups excluding carboxylic acids is 1. The second kappa shape index (κ2) is 7.83. The summed E-state index contributed by atoms with van der Waals surface area (Å²) in [5, 5.41) is 17.2. The van der Waals surface area contributed by atoms with Crippen LogP contribution in [0.1, 0.15) is 12.0 Å². The molecule has 8 heteroatoms. The van der Waals surface area contributed by atoms with E-state index in [1.54, 1.807) is 18.2 Å². The van der Waals surface area contributed by atoms with Crippen LogP contribution in [0.25, 0.3) is 0 Å². The molecule has 0 unspecified atom stereocenters. The summed E-state index contributed by atoms with van der Waals surface area (Å²) >= 11 is 0. The van der Waals surface area contributed by atoms with Crippen LogP contribution in [0.3, 0.4) is 0 Å². The van der Waals surface area contributed by atoms with Gasteiger partial charge in [-0.25, -0.2) is 4.68 Å². The minimum atomic E-state index is -0.483. The number of rotatable bonds is 7. The van der Waals surface area contributed by atoms with Crippen molar-refractivity contribution >= 4 is 11.6 Å². The maximum atomic E-state index is 11.8. The summed E-state index contributed by atoms with van der Waals surface area (Å²) in [5.41, 5.74) is 0.522. The minimum absolute atomic E-state index is 0.00467. The van der Waals surface area contributed by atoms with Gasteiger partial charge in [0.25, 0.3) is 11.2 Å². The fourth-order valence-electron chi connectivity index (χ4n) is 2.00. The fraction of sp³-hybridized carbons (Fsp3) is 0.267. The van der Waals surface area contributed by atoms with Gasteiger partial charge >= 0.3 is 0 Å². The molecule has 1 aromatic carbocycles. The number of aryl methyl sites for hydroxylation is 1. The summed E-state index contributed by atoms with van der Waals surface area (Å²) in [4.78, 5) is 33.3. The lowest BCUT2D eigenvalue weighted by atomic mass is 10.1. The summed E-state index contributed by atoms with van der Waals surface area (Å²) < 4.78 is 1.34. The molecule has 0 saturated heterocycles. The SMILES string of the molecule is O=C(Cc1ccc([N+](=O)[O-])cc1)NCCCn1ncccc1=O. The zero-order valence-electron chi connectivity index (χ0n) is 12.3. The third-order valence-corrected chi connectivity index (χ3v) is 3.17. The topological polar surface area (TPSA) is 107 Å². The monoisotopic (exact) mass is 316 g/mol. The van der Waals surface area contributed by atoms with Crippen LogP contribution < -0.4 is 10.9 Å². The standard InChI is InChI=1S/C15H16N4O4/c20-14(11-12-4-6-13(7-5-12)19(22)23)16-8-2-10-18-15(21)3-1-9-17-18/h1,3-7,9H,2,8,10-11H2,(H,16,20). The van der Waals surface area contributed by atoms with Crippen molar-refractivity contribution in [3.63, 3.8) is 0 Å². The Labute approximate surface area is 131 Å². The predicted octanol–water partition coefficient (Wildman–Crippen LogP) is 0.901. The highest BCUT2D eigenvalue weighted by Gasteiger charge is 2.07. The second-order valence-corrected chi connectivity index (χ2v) is 4.89. The largest absolute Gasteiger partial charge is 0.356 e. The summed E-state index contributed by atoms with van der Waals surface area (Å²) in [6.07, 6.45) is 2.28. The Morgan fingerprint density at radius 2 is 2.00 bits per heavy atom. The van der Waals surface area contributed by atoms with Gasteiger partial charge < -0.3 is 5.32 Å². The first-order chi connectivity index (χ1) is 11.1.